The van der Waals surface area contributed by atoms with Gasteiger partial charge in [0.1, 0.15) is 6.33 Å². The molecule has 2 heterocycles. The molecule has 0 atom stereocenters. The van der Waals surface area contributed by atoms with Crippen molar-refractivity contribution in [3.8, 4) is 11.3 Å². The van der Waals surface area contributed by atoms with E-state index in [1.807, 2.05) is 30.3 Å². The molecule has 22 heavy (non-hydrogen) atoms. The highest BCUT2D eigenvalue weighted by Gasteiger charge is 2.14. The first-order valence-electron chi connectivity index (χ1n) is 6.70. The molecule has 0 spiro atoms. The number of carbonyl (C=O) groups is 1. The van der Waals surface area contributed by atoms with Crippen molar-refractivity contribution in [1.29, 1.82) is 0 Å². The fourth-order valence-corrected chi connectivity index (χ4v) is 2.59. The molecule has 0 unspecified atom stereocenters. The van der Waals surface area contributed by atoms with E-state index in [1.165, 1.54) is 18.1 Å². The van der Waals surface area contributed by atoms with E-state index >= 15 is 0 Å². The molecule has 0 radical (unpaired) electrons. The standard InChI is InChI=1S/C14H14N6OS/c21-13(15-6-7-22-14-16-9-18-20-14)11-8-17-19-12(11)10-4-2-1-3-5-10/h1-5,8-9H,6-7H2,(H,15,21)(H,17,19)(H,16,18,20). The van der Waals surface area contributed by atoms with Gasteiger partial charge in [0.25, 0.3) is 5.91 Å². The lowest BCUT2D eigenvalue weighted by molar-refractivity contribution is 0.0957. The number of aromatic amines is 2. The van der Waals surface area contributed by atoms with E-state index in [4.69, 9.17) is 0 Å². The molecule has 1 aromatic carbocycles. The van der Waals surface area contributed by atoms with Crippen molar-refractivity contribution in [2.45, 2.75) is 5.16 Å². The van der Waals surface area contributed by atoms with Crippen molar-refractivity contribution in [2.24, 2.45) is 0 Å². The van der Waals surface area contributed by atoms with E-state index in [2.05, 4.69) is 30.7 Å². The molecule has 0 aliphatic heterocycles. The van der Waals surface area contributed by atoms with Crippen LogP contribution < -0.4 is 5.32 Å². The van der Waals surface area contributed by atoms with Crippen LogP contribution in [0.1, 0.15) is 10.4 Å². The zero-order chi connectivity index (χ0) is 15.2. The molecule has 3 N–H and O–H groups in total. The molecule has 3 aromatic rings. The van der Waals surface area contributed by atoms with Crippen LogP contribution in [0.3, 0.4) is 0 Å². The van der Waals surface area contributed by atoms with Crippen molar-refractivity contribution < 1.29 is 4.79 Å². The van der Waals surface area contributed by atoms with E-state index < -0.39 is 0 Å². The van der Waals surface area contributed by atoms with Crippen molar-refractivity contribution in [2.75, 3.05) is 12.3 Å². The Labute approximate surface area is 130 Å². The Hall–Kier alpha value is -2.61. The van der Waals surface area contributed by atoms with Crippen LogP contribution in [0.25, 0.3) is 11.3 Å². The molecule has 0 fully saturated rings. The highest BCUT2D eigenvalue weighted by molar-refractivity contribution is 7.99. The number of nitrogens with one attached hydrogen (secondary N) is 3. The first kappa shape index (κ1) is 14.3. The van der Waals surface area contributed by atoms with Gasteiger partial charge in [-0.1, -0.05) is 42.1 Å². The molecule has 0 aliphatic carbocycles. The van der Waals surface area contributed by atoms with Gasteiger partial charge in [-0.25, -0.2) is 4.98 Å². The molecule has 0 bridgehead atoms. The van der Waals surface area contributed by atoms with Gasteiger partial charge in [0.15, 0.2) is 5.16 Å². The Kier molecular flexibility index (Phi) is 4.50. The van der Waals surface area contributed by atoms with E-state index in [0.717, 1.165) is 16.4 Å². The zero-order valence-corrected chi connectivity index (χ0v) is 12.4. The van der Waals surface area contributed by atoms with Crippen molar-refractivity contribution in [3.05, 3.63) is 48.4 Å². The van der Waals surface area contributed by atoms with Gasteiger partial charge in [-0.15, -0.1) is 0 Å². The summed E-state index contributed by atoms with van der Waals surface area (Å²) in [6.07, 6.45) is 3.00. The molecule has 8 heteroatoms. The number of thioether (sulfide) groups is 1. The number of nitrogens with zero attached hydrogens (tertiary/aromatic N) is 3. The summed E-state index contributed by atoms with van der Waals surface area (Å²) >= 11 is 1.50. The number of rotatable bonds is 6. The maximum absolute atomic E-state index is 12.2. The van der Waals surface area contributed by atoms with Gasteiger partial charge in [0.05, 0.1) is 17.5 Å². The Bertz CT molecular complexity index is 725. The first-order valence-corrected chi connectivity index (χ1v) is 7.68. The maximum Gasteiger partial charge on any atom is 0.255 e. The van der Waals surface area contributed by atoms with Crippen LogP contribution in [-0.2, 0) is 0 Å². The van der Waals surface area contributed by atoms with Crippen molar-refractivity contribution >= 4 is 17.7 Å². The fraction of sp³-hybridized carbons (Fsp3) is 0.143. The number of benzene rings is 1. The Morgan fingerprint density at radius 3 is 2.82 bits per heavy atom. The lowest BCUT2D eigenvalue weighted by atomic mass is 10.1. The second-order valence-corrected chi connectivity index (χ2v) is 5.50. The van der Waals surface area contributed by atoms with Crippen LogP contribution in [0.15, 0.2) is 48.0 Å². The number of amides is 1. The molecule has 1 amide bonds. The van der Waals surface area contributed by atoms with Crippen molar-refractivity contribution in [1.82, 2.24) is 30.7 Å². The van der Waals surface area contributed by atoms with Crippen LogP contribution in [0.4, 0.5) is 0 Å². The monoisotopic (exact) mass is 314 g/mol. The third-order valence-electron chi connectivity index (χ3n) is 2.97. The van der Waals surface area contributed by atoms with E-state index in [9.17, 15) is 4.79 Å². The predicted octanol–water partition coefficient (Wildman–Crippen LogP) is 1.72. The van der Waals surface area contributed by atoms with Crippen LogP contribution in [0, 0.1) is 0 Å². The number of hydrogen-bond donors (Lipinski definition) is 3. The summed E-state index contributed by atoms with van der Waals surface area (Å²) in [7, 11) is 0. The topological polar surface area (TPSA) is 99.3 Å². The average Bonchev–Trinajstić information content (AvgIpc) is 3.23. The molecule has 7 nitrogen and oxygen atoms in total. The summed E-state index contributed by atoms with van der Waals surface area (Å²) in [5, 5.41) is 17.0. The molecule has 0 saturated heterocycles. The first-order chi connectivity index (χ1) is 10.8. The minimum absolute atomic E-state index is 0.147. The molecule has 0 saturated carbocycles. The second kappa shape index (κ2) is 6.90. The molecule has 2 aromatic heterocycles. The minimum Gasteiger partial charge on any atom is -0.351 e. The minimum atomic E-state index is -0.147. The van der Waals surface area contributed by atoms with Gasteiger partial charge in [-0.05, 0) is 0 Å². The summed E-state index contributed by atoms with van der Waals surface area (Å²) in [6.45, 7) is 0.531. The molecule has 0 aliphatic rings. The highest BCUT2D eigenvalue weighted by Crippen LogP contribution is 2.20. The fourth-order valence-electron chi connectivity index (χ4n) is 1.95. The van der Waals surface area contributed by atoms with Crippen LogP contribution >= 0.6 is 11.8 Å². The third-order valence-corrected chi connectivity index (χ3v) is 3.84. The molecular formula is C14H14N6OS. The van der Waals surface area contributed by atoms with E-state index in [1.54, 1.807) is 6.20 Å². The van der Waals surface area contributed by atoms with Gasteiger partial charge < -0.3 is 5.32 Å². The summed E-state index contributed by atoms with van der Waals surface area (Å²) < 4.78 is 0. The summed E-state index contributed by atoms with van der Waals surface area (Å²) in [5.74, 6) is 0.560. The molecular weight excluding hydrogens is 300 g/mol. The smallest absolute Gasteiger partial charge is 0.255 e. The number of carbonyl (C=O) groups excluding carboxylic acids is 1. The van der Waals surface area contributed by atoms with E-state index in [-0.39, 0.29) is 5.91 Å². The number of aromatic nitrogens is 5. The van der Waals surface area contributed by atoms with Gasteiger partial charge in [0, 0.05) is 17.9 Å². The predicted molar refractivity (Wildman–Crippen MR) is 83.5 cm³/mol. The Balaban J connectivity index is 1.58. The maximum atomic E-state index is 12.2. The van der Waals surface area contributed by atoms with Gasteiger partial charge in [0.2, 0.25) is 0 Å². The summed E-state index contributed by atoms with van der Waals surface area (Å²) in [4.78, 5) is 16.3. The third kappa shape index (κ3) is 3.34. The van der Waals surface area contributed by atoms with E-state index in [0.29, 0.717) is 17.9 Å². The normalized spacial score (nSPS) is 10.5. The van der Waals surface area contributed by atoms with Crippen LogP contribution in [0.5, 0.6) is 0 Å². The Morgan fingerprint density at radius 1 is 1.18 bits per heavy atom. The molecule has 3 rings (SSSR count). The summed E-state index contributed by atoms with van der Waals surface area (Å²) in [6, 6.07) is 9.65. The lowest BCUT2D eigenvalue weighted by Crippen LogP contribution is -2.25. The Morgan fingerprint density at radius 2 is 2.05 bits per heavy atom. The average molecular weight is 314 g/mol. The van der Waals surface area contributed by atoms with Crippen LogP contribution in [-0.4, -0.2) is 43.6 Å². The molecule has 112 valence electrons. The zero-order valence-electron chi connectivity index (χ0n) is 11.6. The van der Waals surface area contributed by atoms with Gasteiger partial charge in [-0.3, -0.25) is 15.0 Å². The van der Waals surface area contributed by atoms with Gasteiger partial charge in [-0.2, -0.15) is 10.2 Å². The quantitative estimate of drug-likeness (QED) is 0.475. The number of H-pyrrole nitrogens is 2. The lowest BCUT2D eigenvalue weighted by Gasteiger charge is -2.05. The highest BCUT2D eigenvalue weighted by atomic mass is 32.2. The SMILES string of the molecule is O=C(NCCSc1ncn[nH]1)c1cn[nH]c1-c1ccccc1. The van der Waals surface area contributed by atoms with Crippen molar-refractivity contribution in [3.63, 3.8) is 0 Å². The van der Waals surface area contributed by atoms with Gasteiger partial charge >= 0.3 is 0 Å². The second-order valence-electron chi connectivity index (χ2n) is 4.42. The largest absolute Gasteiger partial charge is 0.351 e. The number of hydrogen-bond acceptors (Lipinski definition) is 5. The van der Waals surface area contributed by atoms with Crippen LogP contribution in [0.2, 0.25) is 0 Å². The summed E-state index contributed by atoms with van der Waals surface area (Å²) in [5.41, 5.74) is 2.19.